The molecule has 5 heteroatoms. The van der Waals surface area contributed by atoms with Gasteiger partial charge in [-0.2, -0.15) is 5.26 Å². The molecule has 0 saturated carbocycles. The van der Waals surface area contributed by atoms with Crippen LogP contribution in [0, 0.1) is 24.2 Å². The van der Waals surface area contributed by atoms with Gasteiger partial charge in [0.15, 0.2) is 6.04 Å². The van der Waals surface area contributed by atoms with Gasteiger partial charge in [-0.1, -0.05) is 43.7 Å². The van der Waals surface area contributed by atoms with Crippen LogP contribution in [0.15, 0.2) is 24.3 Å². The van der Waals surface area contributed by atoms with Gasteiger partial charge in [0.1, 0.15) is 38.3 Å². The van der Waals surface area contributed by atoms with Gasteiger partial charge in [-0.25, -0.2) is 0 Å². The fourth-order valence-corrected chi connectivity index (χ4v) is 3.50. The summed E-state index contributed by atoms with van der Waals surface area (Å²) in [5, 5.41) is 12.4. The number of nitrogens with zero attached hydrogens (tertiary/aromatic N) is 1. The van der Waals surface area contributed by atoms with E-state index in [-0.39, 0.29) is 17.9 Å². The predicted octanol–water partition coefficient (Wildman–Crippen LogP) is -0.279. The molecule has 3 N–H and O–H groups in total. The number of hydrogen-bond donors (Lipinski definition) is 3. The summed E-state index contributed by atoms with van der Waals surface area (Å²) in [6.45, 7) is 15.0. The third-order valence-corrected chi connectivity index (χ3v) is 5.91. The molecule has 1 aromatic carbocycles. The fourth-order valence-electron chi connectivity index (χ4n) is 3.50. The number of hydrogen-bond acceptors (Lipinski definition) is 2. The molecule has 0 unspecified atom stereocenters. The molecule has 142 valence electrons. The first-order valence-electron chi connectivity index (χ1n) is 9.72. The minimum atomic E-state index is -0.803. The number of carbonyl (C=O) groups excluding carboxylic acids is 1. The summed E-state index contributed by atoms with van der Waals surface area (Å²) < 4.78 is 0. The Labute approximate surface area is 158 Å². The van der Waals surface area contributed by atoms with E-state index in [0.717, 1.165) is 32.7 Å². The Bertz CT molecular complexity index is 658. The molecule has 1 aliphatic heterocycles. The molecule has 1 heterocycles. The van der Waals surface area contributed by atoms with E-state index < -0.39 is 5.54 Å². The van der Waals surface area contributed by atoms with Gasteiger partial charge < -0.3 is 15.1 Å². The number of piperazine rings is 1. The zero-order valence-electron chi connectivity index (χ0n) is 16.9. The maximum Gasteiger partial charge on any atom is 0.279 e. The molecule has 1 amide bonds. The monoisotopic (exact) mass is 358 g/mol. The first kappa shape index (κ1) is 20.4. The fraction of sp³-hybridized carbons (Fsp3) is 0.619. The Hall–Kier alpha value is -1.90. The van der Waals surface area contributed by atoms with Crippen molar-refractivity contribution in [1.29, 1.82) is 5.26 Å². The molecule has 0 spiro atoms. The lowest BCUT2D eigenvalue weighted by Gasteiger charge is -2.34. The Kier molecular flexibility index (Phi) is 6.80. The zero-order valence-corrected chi connectivity index (χ0v) is 16.9. The minimum absolute atomic E-state index is 0.0140. The van der Waals surface area contributed by atoms with E-state index in [9.17, 15) is 10.1 Å². The van der Waals surface area contributed by atoms with Crippen molar-refractivity contribution in [1.82, 2.24) is 5.32 Å². The Balaban J connectivity index is 1.87. The van der Waals surface area contributed by atoms with Crippen molar-refractivity contribution < 1.29 is 14.6 Å². The predicted molar refractivity (Wildman–Crippen MR) is 103 cm³/mol. The third-order valence-electron chi connectivity index (χ3n) is 5.91. The highest BCUT2D eigenvalue weighted by Crippen LogP contribution is 2.14. The van der Waals surface area contributed by atoms with E-state index in [1.54, 1.807) is 4.90 Å². The van der Waals surface area contributed by atoms with Crippen molar-refractivity contribution in [2.24, 2.45) is 5.92 Å². The maximum atomic E-state index is 12.6. The lowest BCUT2D eigenvalue weighted by molar-refractivity contribution is -1.02. The van der Waals surface area contributed by atoms with E-state index in [1.807, 2.05) is 27.7 Å². The maximum absolute atomic E-state index is 12.6. The summed E-state index contributed by atoms with van der Waals surface area (Å²) in [6, 6.07) is 10.9. The largest absolute Gasteiger partial charge is 0.333 e. The van der Waals surface area contributed by atoms with Gasteiger partial charge >= 0.3 is 0 Å². The quantitative estimate of drug-likeness (QED) is 0.655. The number of rotatable bonds is 6. The van der Waals surface area contributed by atoms with Gasteiger partial charge in [0.25, 0.3) is 5.91 Å². The van der Waals surface area contributed by atoms with Crippen LogP contribution in [0.1, 0.15) is 38.8 Å². The number of amides is 1. The second-order valence-corrected chi connectivity index (χ2v) is 8.25. The number of nitrogens with one attached hydrogen (secondary N) is 3. The first-order chi connectivity index (χ1) is 12.2. The van der Waals surface area contributed by atoms with Gasteiger partial charge in [-0.05, 0) is 26.7 Å². The topological polar surface area (TPSA) is 61.8 Å². The van der Waals surface area contributed by atoms with Crippen LogP contribution in [-0.4, -0.2) is 43.7 Å². The van der Waals surface area contributed by atoms with Gasteiger partial charge in [0.2, 0.25) is 0 Å². The summed E-state index contributed by atoms with van der Waals surface area (Å²) >= 11 is 0. The van der Waals surface area contributed by atoms with E-state index in [4.69, 9.17) is 0 Å². The van der Waals surface area contributed by atoms with Crippen molar-refractivity contribution in [3.8, 4) is 6.07 Å². The molecule has 1 fully saturated rings. The van der Waals surface area contributed by atoms with Crippen LogP contribution in [0.25, 0.3) is 0 Å². The Morgan fingerprint density at radius 3 is 2.46 bits per heavy atom. The highest BCUT2D eigenvalue weighted by molar-refractivity contribution is 5.81. The molecule has 2 rings (SSSR count). The molecular weight excluding hydrogens is 324 g/mol. The molecule has 5 nitrogen and oxygen atoms in total. The Morgan fingerprint density at radius 2 is 1.92 bits per heavy atom. The molecule has 0 radical (unpaired) electrons. The minimum Gasteiger partial charge on any atom is -0.333 e. The number of aryl methyl sites for hydroxylation is 1. The van der Waals surface area contributed by atoms with Crippen molar-refractivity contribution in [3.63, 3.8) is 0 Å². The van der Waals surface area contributed by atoms with Crippen molar-refractivity contribution in [2.75, 3.05) is 26.2 Å². The van der Waals surface area contributed by atoms with Crippen LogP contribution >= 0.6 is 0 Å². The average Bonchev–Trinajstić information content (AvgIpc) is 2.61. The van der Waals surface area contributed by atoms with E-state index >= 15 is 0 Å². The second-order valence-electron chi connectivity index (χ2n) is 8.25. The normalized spacial score (nSPS) is 23.7. The van der Waals surface area contributed by atoms with Crippen LogP contribution in [0.2, 0.25) is 0 Å². The van der Waals surface area contributed by atoms with Crippen molar-refractivity contribution in [2.45, 2.75) is 52.7 Å². The van der Waals surface area contributed by atoms with Gasteiger partial charge in [0, 0.05) is 5.56 Å². The SMILES string of the molecule is Cc1cccc(C[NH+]2CC[NH+]([C@H](C)C(=O)N[C@@](C)(C#N)C(C)C)CC2)c1. The highest BCUT2D eigenvalue weighted by Gasteiger charge is 2.36. The first-order valence-corrected chi connectivity index (χ1v) is 9.72. The highest BCUT2D eigenvalue weighted by atomic mass is 16.2. The third kappa shape index (κ3) is 5.06. The summed E-state index contributed by atoms with van der Waals surface area (Å²) in [5.41, 5.74) is 1.89. The number of nitriles is 1. The molecular formula is C21H34N4O+2. The Morgan fingerprint density at radius 1 is 1.27 bits per heavy atom. The molecule has 0 aromatic heterocycles. The molecule has 1 saturated heterocycles. The lowest BCUT2D eigenvalue weighted by atomic mass is 9.89. The van der Waals surface area contributed by atoms with Gasteiger partial charge in [0.05, 0.1) is 6.07 Å². The van der Waals surface area contributed by atoms with Crippen LogP contribution in [0.4, 0.5) is 0 Å². The summed E-state index contributed by atoms with van der Waals surface area (Å²) in [6.07, 6.45) is 0. The summed E-state index contributed by atoms with van der Waals surface area (Å²) in [5.74, 6) is 0.0640. The summed E-state index contributed by atoms with van der Waals surface area (Å²) in [7, 11) is 0. The van der Waals surface area contributed by atoms with Gasteiger partial charge in [-0.3, -0.25) is 4.79 Å². The molecule has 0 bridgehead atoms. The molecule has 1 aromatic rings. The molecule has 2 atom stereocenters. The van der Waals surface area contributed by atoms with Crippen LogP contribution in [0.5, 0.6) is 0 Å². The number of quaternary nitrogens is 2. The molecule has 0 aliphatic carbocycles. The van der Waals surface area contributed by atoms with E-state index in [1.165, 1.54) is 16.0 Å². The van der Waals surface area contributed by atoms with Crippen LogP contribution < -0.4 is 15.1 Å². The standard InChI is InChI=1S/C21H32N4O/c1-16(2)21(5,15-22)23-20(26)18(4)25-11-9-24(10-12-25)14-19-8-6-7-17(3)13-19/h6-8,13,16,18H,9-12,14H2,1-5H3,(H,23,26)/p+2/t18-,21+/m1/s1. The molecule has 1 aliphatic rings. The number of benzene rings is 1. The average molecular weight is 359 g/mol. The molecule has 26 heavy (non-hydrogen) atoms. The van der Waals surface area contributed by atoms with Gasteiger partial charge in [-0.15, -0.1) is 0 Å². The van der Waals surface area contributed by atoms with Crippen molar-refractivity contribution in [3.05, 3.63) is 35.4 Å². The smallest absolute Gasteiger partial charge is 0.279 e. The lowest BCUT2D eigenvalue weighted by Crippen LogP contribution is -3.29. The zero-order chi connectivity index (χ0) is 19.3. The van der Waals surface area contributed by atoms with Crippen molar-refractivity contribution >= 4 is 5.91 Å². The van der Waals surface area contributed by atoms with E-state index in [2.05, 4.69) is 42.6 Å². The number of carbonyl (C=O) groups is 1. The van der Waals surface area contributed by atoms with E-state index in [0.29, 0.717) is 0 Å². The van der Waals surface area contributed by atoms with Crippen LogP contribution in [0.3, 0.4) is 0 Å². The summed E-state index contributed by atoms with van der Waals surface area (Å²) in [4.78, 5) is 15.5. The van der Waals surface area contributed by atoms with Crippen LogP contribution in [-0.2, 0) is 11.3 Å². The second kappa shape index (κ2) is 8.66.